The van der Waals surface area contributed by atoms with E-state index in [1.54, 1.807) is 7.11 Å². The van der Waals surface area contributed by atoms with Crippen molar-refractivity contribution in [3.05, 3.63) is 179 Å². The van der Waals surface area contributed by atoms with E-state index in [1.807, 2.05) is 103 Å². The molecule has 1 heterocycles. The van der Waals surface area contributed by atoms with E-state index in [0.29, 0.717) is 38.8 Å². The normalized spacial score (nSPS) is 19.9. The number of rotatable bonds is 15. The van der Waals surface area contributed by atoms with Gasteiger partial charge in [-0.05, 0) is 46.0 Å². The molecule has 0 N–H and O–H groups in total. The molecule has 1 saturated heterocycles. The third kappa shape index (κ3) is 9.43. The fraction of sp³-hybridized carbons (Fsp3) is 0.238. The lowest BCUT2D eigenvalue weighted by atomic mass is 9.95. The summed E-state index contributed by atoms with van der Waals surface area (Å²) in [6, 6.07) is 48.5. The van der Waals surface area contributed by atoms with E-state index in [2.05, 4.69) is 48.5 Å². The second kappa shape index (κ2) is 17.4. The summed E-state index contributed by atoms with van der Waals surface area (Å²) in [5.41, 5.74) is 5.21. The maximum atomic E-state index is 6.84. The van der Waals surface area contributed by atoms with Crippen LogP contribution >= 0.6 is 0 Å². The van der Waals surface area contributed by atoms with Crippen molar-refractivity contribution in [2.75, 3.05) is 13.7 Å². The fourth-order valence-corrected chi connectivity index (χ4v) is 5.69. The molecule has 5 aromatic carbocycles. The topological polar surface area (TPSA) is 55.4 Å². The van der Waals surface area contributed by atoms with Gasteiger partial charge in [0.05, 0.1) is 40.1 Å². The van der Waals surface area contributed by atoms with Crippen molar-refractivity contribution < 1.29 is 28.4 Å². The van der Waals surface area contributed by atoms with Crippen molar-refractivity contribution in [2.45, 2.75) is 50.8 Å². The number of benzene rings is 5. The number of ether oxygens (including phenoxy) is 6. The predicted molar refractivity (Wildman–Crippen MR) is 187 cm³/mol. The molecular formula is C42H42O6. The van der Waals surface area contributed by atoms with Crippen LogP contribution in [0, 0.1) is 0 Å². The predicted octanol–water partition coefficient (Wildman–Crippen LogP) is 8.41. The molecule has 0 aliphatic carbocycles. The molecule has 0 unspecified atom stereocenters. The molecule has 0 aromatic heterocycles. The molecule has 1 aliphatic rings. The number of hydrogen-bond acceptors (Lipinski definition) is 6. The van der Waals surface area contributed by atoms with Crippen LogP contribution in [-0.2, 0) is 50.1 Å². The van der Waals surface area contributed by atoms with Gasteiger partial charge in [-0.2, -0.15) is 0 Å². The Labute approximate surface area is 283 Å². The number of methoxy groups -OCH3 is 1. The highest BCUT2D eigenvalue weighted by Gasteiger charge is 2.46. The zero-order valence-electron chi connectivity index (χ0n) is 27.2. The lowest BCUT2D eigenvalue weighted by molar-refractivity contribution is -0.222. The molecule has 6 nitrogen and oxygen atoms in total. The molecule has 5 aromatic rings. The van der Waals surface area contributed by atoms with Crippen molar-refractivity contribution in [1.29, 1.82) is 0 Å². The molecular weight excluding hydrogens is 600 g/mol. The van der Waals surface area contributed by atoms with Gasteiger partial charge < -0.3 is 28.4 Å². The Hall–Kier alpha value is -4.72. The van der Waals surface area contributed by atoms with Crippen LogP contribution in [0.25, 0.3) is 6.08 Å². The lowest BCUT2D eigenvalue weighted by Crippen LogP contribution is -2.56. The van der Waals surface area contributed by atoms with E-state index in [0.717, 1.165) is 33.6 Å². The summed E-state index contributed by atoms with van der Waals surface area (Å²) in [4.78, 5) is 0. The highest BCUT2D eigenvalue weighted by atomic mass is 16.6. The summed E-state index contributed by atoms with van der Waals surface area (Å²) in [6.07, 6.45) is -0.0351. The summed E-state index contributed by atoms with van der Waals surface area (Å²) >= 11 is 0. The minimum absolute atomic E-state index is 0.297. The van der Waals surface area contributed by atoms with E-state index in [-0.39, 0.29) is 0 Å². The SMILES string of the molecule is COc1ccc(/C=C2\O[C@H](COCc3ccccc3)[C@H](OCc3ccccc3)[C@H](OCc3ccccc3)[C@H]2OCc2ccccc2)cc1. The Morgan fingerprint density at radius 2 is 0.979 bits per heavy atom. The van der Waals surface area contributed by atoms with Gasteiger partial charge in [0.25, 0.3) is 0 Å². The van der Waals surface area contributed by atoms with Gasteiger partial charge in [0, 0.05) is 0 Å². The summed E-state index contributed by atoms with van der Waals surface area (Å²) < 4.78 is 38.9. The van der Waals surface area contributed by atoms with Gasteiger partial charge in [-0.3, -0.25) is 0 Å². The molecule has 0 bridgehead atoms. The third-order valence-electron chi connectivity index (χ3n) is 8.22. The first kappa shape index (κ1) is 33.2. The molecule has 0 spiro atoms. The highest BCUT2D eigenvalue weighted by molar-refractivity contribution is 5.54. The quantitative estimate of drug-likeness (QED) is 0.114. The molecule has 246 valence electrons. The smallest absolute Gasteiger partial charge is 0.150 e. The second-order valence-electron chi connectivity index (χ2n) is 11.7. The van der Waals surface area contributed by atoms with Gasteiger partial charge in [-0.1, -0.05) is 133 Å². The van der Waals surface area contributed by atoms with Crippen LogP contribution < -0.4 is 4.74 Å². The maximum Gasteiger partial charge on any atom is 0.150 e. The molecule has 1 aliphatic heterocycles. The van der Waals surface area contributed by atoms with E-state index >= 15 is 0 Å². The minimum atomic E-state index is -0.567. The fourth-order valence-electron chi connectivity index (χ4n) is 5.69. The van der Waals surface area contributed by atoms with Gasteiger partial charge in [-0.25, -0.2) is 0 Å². The van der Waals surface area contributed by atoms with Crippen molar-refractivity contribution in [3.8, 4) is 5.75 Å². The first-order valence-electron chi connectivity index (χ1n) is 16.4. The number of hydrogen-bond donors (Lipinski definition) is 0. The molecule has 1 fully saturated rings. The lowest BCUT2D eigenvalue weighted by Gasteiger charge is -2.43. The molecule has 0 radical (unpaired) electrons. The first-order chi connectivity index (χ1) is 23.7. The van der Waals surface area contributed by atoms with Crippen molar-refractivity contribution in [1.82, 2.24) is 0 Å². The van der Waals surface area contributed by atoms with E-state index in [9.17, 15) is 0 Å². The van der Waals surface area contributed by atoms with Gasteiger partial charge in [0.1, 0.15) is 29.8 Å². The van der Waals surface area contributed by atoms with Crippen molar-refractivity contribution in [3.63, 3.8) is 0 Å². The van der Waals surface area contributed by atoms with Gasteiger partial charge >= 0.3 is 0 Å². The summed E-state index contributed by atoms with van der Waals surface area (Å²) in [7, 11) is 1.66. The van der Waals surface area contributed by atoms with Crippen LogP contribution in [0.3, 0.4) is 0 Å². The van der Waals surface area contributed by atoms with Gasteiger partial charge in [0.2, 0.25) is 0 Å². The maximum absolute atomic E-state index is 6.84. The van der Waals surface area contributed by atoms with Crippen LogP contribution in [0.4, 0.5) is 0 Å². The van der Waals surface area contributed by atoms with E-state index < -0.39 is 24.4 Å². The Morgan fingerprint density at radius 3 is 1.48 bits per heavy atom. The summed E-state index contributed by atoms with van der Waals surface area (Å²) in [5.74, 6) is 1.44. The zero-order chi connectivity index (χ0) is 32.8. The van der Waals surface area contributed by atoms with Crippen LogP contribution in [0.15, 0.2) is 151 Å². The molecule has 48 heavy (non-hydrogen) atoms. The largest absolute Gasteiger partial charge is 0.497 e. The monoisotopic (exact) mass is 642 g/mol. The van der Waals surface area contributed by atoms with Crippen molar-refractivity contribution in [2.24, 2.45) is 0 Å². The van der Waals surface area contributed by atoms with Crippen LogP contribution in [0.2, 0.25) is 0 Å². The van der Waals surface area contributed by atoms with E-state index in [1.165, 1.54) is 0 Å². The van der Waals surface area contributed by atoms with Crippen LogP contribution in [-0.4, -0.2) is 38.1 Å². The second-order valence-corrected chi connectivity index (χ2v) is 11.7. The zero-order valence-corrected chi connectivity index (χ0v) is 27.2. The van der Waals surface area contributed by atoms with E-state index in [4.69, 9.17) is 28.4 Å². The Morgan fingerprint density at radius 1 is 0.521 bits per heavy atom. The Balaban J connectivity index is 1.35. The van der Waals surface area contributed by atoms with Crippen LogP contribution in [0.1, 0.15) is 27.8 Å². The molecule has 4 atom stereocenters. The average Bonchev–Trinajstić information content (AvgIpc) is 3.15. The standard InChI is InChI=1S/C42H42O6/c1-43-37-24-22-32(23-25-37)26-38-40(45-28-34-16-8-3-9-17-34)42(47-30-36-20-12-5-13-21-36)41(46-29-35-18-10-4-11-19-35)39(48-38)31-44-27-33-14-6-2-7-15-33/h2-26,39-42H,27-31H2,1H3/b38-26-/t39-,40+,41+,42-/m1/s1. The van der Waals surface area contributed by atoms with Gasteiger partial charge in [-0.15, -0.1) is 0 Å². The Kier molecular flexibility index (Phi) is 12.1. The van der Waals surface area contributed by atoms with Gasteiger partial charge in [0.15, 0.2) is 6.10 Å². The molecule has 0 saturated carbocycles. The average molecular weight is 643 g/mol. The summed E-state index contributed by atoms with van der Waals surface area (Å²) in [6.45, 7) is 1.89. The Bertz CT molecular complexity index is 1660. The minimum Gasteiger partial charge on any atom is -0.497 e. The van der Waals surface area contributed by atoms with Crippen molar-refractivity contribution >= 4 is 6.08 Å². The highest BCUT2D eigenvalue weighted by Crippen LogP contribution is 2.34. The molecule has 6 rings (SSSR count). The summed E-state index contributed by atoms with van der Waals surface area (Å²) in [5, 5.41) is 0. The molecule has 6 heteroatoms. The first-order valence-corrected chi connectivity index (χ1v) is 16.4. The van der Waals surface area contributed by atoms with Crippen LogP contribution in [0.5, 0.6) is 5.75 Å². The molecule has 0 amide bonds. The third-order valence-corrected chi connectivity index (χ3v) is 8.22.